The van der Waals surface area contributed by atoms with Gasteiger partial charge in [0.1, 0.15) is 11.9 Å². The molecule has 1 aromatic carbocycles. The van der Waals surface area contributed by atoms with Crippen LogP contribution in [0.5, 0.6) is 0 Å². The molecule has 1 aromatic heterocycles. The third-order valence-corrected chi connectivity index (χ3v) is 3.81. The molecule has 1 aliphatic heterocycles. The molecule has 2 aromatic rings. The summed E-state index contributed by atoms with van der Waals surface area (Å²) < 4.78 is 10.7. The van der Waals surface area contributed by atoms with E-state index in [0.29, 0.717) is 36.3 Å². The van der Waals surface area contributed by atoms with Gasteiger partial charge in [-0.1, -0.05) is 35.0 Å². The summed E-state index contributed by atoms with van der Waals surface area (Å²) in [5.41, 5.74) is 0.888. The third-order valence-electron chi connectivity index (χ3n) is 3.47. The first-order chi connectivity index (χ1) is 10.6. The second-order valence-corrected chi connectivity index (χ2v) is 5.49. The van der Waals surface area contributed by atoms with Crippen LogP contribution >= 0.6 is 11.6 Å². The summed E-state index contributed by atoms with van der Waals surface area (Å²) in [5.74, 6) is 1.05. The van der Waals surface area contributed by atoms with Crippen molar-refractivity contribution >= 4 is 23.4 Å². The monoisotopic (exact) mass is 321 g/mol. The van der Waals surface area contributed by atoms with Crippen molar-refractivity contribution in [3.8, 4) is 0 Å². The van der Waals surface area contributed by atoms with E-state index in [0.717, 1.165) is 5.56 Å². The summed E-state index contributed by atoms with van der Waals surface area (Å²) >= 11 is 6.20. The molecule has 1 saturated heterocycles. The average molecular weight is 322 g/mol. The first-order valence-electron chi connectivity index (χ1n) is 6.99. The number of rotatable bonds is 2. The van der Waals surface area contributed by atoms with Crippen LogP contribution in [-0.2, 0) is 4.74 Å². The number of halogens is 1. The van der Waals surface area contributed by atoms with Crippen molar-refractivity contribution in [1.82, 2.24) is 10.1 Å². The van der Waals surface area contributed by atoms with Crippen LogP contribution in [0.25, 0.3) is 0 Å². The van der Waals surface area contributed by atoms with Gasteiger partial charge in [0.15, 0.2) is 5.82 Å². The van der Waals surface area contributed by atoms with Crippen LogP contribution in [0.15, 0.2) is 34.9 Å². The van der Waals surface area contributed by atoms with Gasteiger partial charge < -0.3 is 14.2 Å². The normalized spacial score (nSPS) is 18.3. The van der Waals surface area contributed by atoms with Gasteiger partial charge in [0.2, 0.25) is 0 Å². The second-order valence-electron chi connectivity index (χ2n) is 5.08. The predicted molar refractivity (Wildman–Crippen MR) is 82.0 cm³/mol. The zero-order chi connectivity index (χ0) is 15.5. The molecular weight excluding hydrogens is 306 g/mol. The van der Waals surface area contributed by atoms with Gasteiger partial charge >= 0.3 is 6.03 Å². The minimum absolute atomic E-state index is 0.228. The van der Waals surface area contributed by atoms with Crippen LogP contribution in [0.1, 0.15) is 17.4 Å². The van der Waals surface area contributed by atoms with Gasteiger partial charge in [0.25, 0.3) is 0 Å². The Hall–Kier alpha value is -2.05. The number of carbonyl (C=O) groups is 1. The Balaban J connectivity index is 1.67. The molecule has 3 rings (SSSR count). The highest BCUT2D eigenvalue weighted by atomic mass is 35.5. The van der Waals surface area contributed by atoms with Gasteiger partial charge in [-0.25, -0.2) is 4.79 Å². The highest BCUT2D eigenvalue weighted by Gasteiger charge is 2.27. The van der Waals surface area contributed by atoms with Crippen molar-refractivity contribution in [2.24, 2.45) is 0 Å². The summed E-state index contributed by atoms with van der Waals surface area (Å²) in [5, 5.41) is 7.11. The van der Waals surface area contributed by atoms with Crippen molar-refractivity contribution in [1.29, 1.82) is 0 Å². The maximum Gasteiger partial charge on any atom is 0.323 e. The SMILES string of the molecule is Cc1cc(NC(=O)N2CCO[C@@H](c3ccccc3Cl)C2)no1. The van der Waals surface area contributed by atoms with Crippen molar-refractivity contribution in [3.63, 3.8) is 0 Å². The van der Waals surface area contributed by atoms with Gasteiger partial charge in [0, 0.05) is 23.2 Å². The summed E-state index contributed by atoms with van der Waals surface area (Å²) in [4.78, 5) is 14.0. The van der Waals surface area contributed by atoms with E-state index in [9.17, 15) is 4.79 Å². The van der Waals surface area contributed by atoms with Crippen molar-refractivity contribution in [3.05, 3.63) is 46.7 Å². The van der Waals surface area contributed by atoms with E-state index in [1.165, 1.54) is 0 Å². The second kappa shape index (κ2) is 6.37. The first kappa shape index (κ1) is 14.9. The van der Waals surface area contributed by atoms with Crippen LogP contribution in [-0.4, -0.2) is 35.8 Å². The molecule has 1 N–H and O–H groups in total. The molecule has 7 heteroatoms. The average Bonchev–Trinajstić information content (AvgIpc) is 2.93. The molecule has 1 atom stereocenters. The van der Waals surface area contributed by atoms with Crippen LogP contribution in [0.2, 0.25) is 5.02 Å². The molecule has 0 saturated carbocycles. The number of carbonyl (C=O) groups excluding carboxylic acids is 1. The van der Waals surface area contributed by atoms with E-state index in [4.69, 9.17) is 20.9 Å². The summed E-state index contributed by atoms with van der Waals surface area (Å²) in [6.45, 7) is 3.18. The van der Waals surface area contributed by atoms with Crippen LogP contribution in [0.3, 0.4) is 0 Å². The number of nitrogens with zero attached hydrogens (tertiary/aromatic N) is 2. The summed E-state index contributed by atoms with van der Waals surface area (Å²) in [6.07, 6.45) is -0.229. The number of amides is 2. The number of aromatic nitrogens is 1. The zero-order valence-electron chi connectivity index (χ0n) is 12.1. The quantitative estimate of drug-likeness (QED) is 0.922. The molecule has 0 radical (unpaired) electrons. The van der Waals surface area contributed by atoms with Gasteiger partial charge in [0.05, 0.1) is 13.2 Å². The van der Waals surface area contributed by atoms with Crippen LogP contribution in [0, 0.1) is 6.92 Å². The summed E-state index contributed by atoms with van der Waals surface area (Å²) in [6, 6.07) is 8.94. The van der Waals surface area contributed by atoms with Gasteiger partial charge in [-0.2, -0.15) is 0 Å². The maximum absolute atomic E-state index is 12.3. The molecule has 2 heterocycles. The fourth-order valence-electron chi connectivity index (χ4n) is 2.37. The van der Waals surface area contributed by atoms with E-state index in [-0.39, 0.29) is 12.1 Å². The Morgan fingerprint density at radius 2 is 2.27 bits per heavy atom. The molecule has 2 amide bonds. The van der Waals surface area contributed by atoms with Gasteiger partial charge in [-0.05, 0) is 13.0 Å². The molecular formula is C15H16ClN3O3. The number of morpholine rings is 1. The number of ether oxygens (including phenoxy) is 1. The highest BCUT2D eigenvalue weighted by molar-refractivity contribution is 6.31. The molecule has 6 nitrogen and oxygen atoms in total. The van der Waals surface area contributed by atoms with E-state index < -0.39 is 0 Å². The van der Waals surface area contributed by atoms with E-state index >= 15 is 0 Å². The fraction of sp³-hybridized carbons (Fsp3) is 0.333. The van der Waals surface area contributed by atoms with Crippen LogP contribution < -0.4 is 5.32 Å². The molecule has 22 heavy (non-hydrogen) atoms. The highest BCUT2D eigenvalue weighted by Crippen LogP contribution is 2.28. The van der Waals surface area contributed by atoms with Gasteiger partial charge in [-0.3, -0.25) is 5.32 Å². The number of hydrogen-bond donors (Lipinski definition) is 1. The molecule has 0 unspecified atom stereocenters. The minimum atomic E-state index is -0.229. The van der Waals surface area contributed by atoms with E-state index in [1.807, 2.05) is 24.3 Å². The van der Waals surface area contributed by atoms with Crippen molar-refractivity contribution < 1.29 is 14.1 Å². The number of anilines is 1. The lowest BCUT2D eigenvalue weighted by atomic mass is 10.1. The molecule has 1 aliphatic rings. The number of nitrogens with one attached hydrogen (secondary N) is 1. The maximum atomic E-state index is 12.3. The predicted octanol–water partition coefficient (Wildman–Crippen LogP) is 3.24. The Labute approximate surface area is 133 Å². The molecule has 116 valence electrons. The van der Waals surface area contributed by atoms with Gasteiger partial charge in [-0.15, -0.1) is 0 Å². The lowest BCUT2D eigenvalue weighted by molar-refractivity contribution is -0.0134. The number of benzene rings is 1. The largest absolute Gasteiger partial charge is 0.370 e. The van der Waals surface area contributed by atoms with Crippen molar-refractivity contribution in [2.75, 3.05) is 25.0 Å². The number of hydrogen-bond acceptors (Lipinski definition) is 4. The first-order valence-corrected chi connectivity index (χ1v) is 7.36. The number of urea groups is 1. The Morgan fingerprint density at radius 1 is 1.45 bits per heavy atom. The lowest BCUT2D eigenvalue weighted by Crippen LogP contribution is -2.44. The smallest absolute Gasteiger partial charge is 0.323 e. The van der Waals surface area contributed by atoms with E-state index in [1.54, 1.807) is 17.9 Å². The fourth-order valence-corrected chi connectivity index (χ4v) is 2.63. The molecule has 0 spiro atoms. The molecule has 1 fully saturated rings. The molecule has 0 aliphatic carbocycles. The third kappa shape index (κ3) is 3.23. The Kier molecular flexibility index (Phi) is 4.31. The lowest BCUT2D eigenvalue weighted by Gasteiger charge is -2.33. The van der Waals surface area contributed by atoms with Crippen LogP contribution in [0.4, 0.5) is 10.6 Å². The topological polar surface area (TPSA) is 67.6 Å². The van der Waals surface area contributed by atoms with Crippen molar-refractivity contribution in [2.45, 2.75) is 13.0 Å². The number of aryl methyl sites for hydroxylation is 1. The Morgan fingerprint density at radius 3 is 3.00 bits per heavy atom. The molecule has 0 bridgehead atoms. The minimum Gasteiger partial charge on any atom is -0.370 e. The summed E-state index contributed by atoms with van der Waals surface area (Å²) in [7, 11) is 0. The van der Waals surface area contributed by atoms with E-state index in [2.05, 4.69) is 10.5 Å². The zero-order valence-corrected chi connectivity index (χ0v) is 12.8. The standard InChI is InChI=1S/C15H16ClN3O3/c1-10-8-14(18-22-10)17-15(20)19-6-7-21-13(9-19)11-4-2-3-5-12(11)16/h2-5,8,13H,6-7,9H2,1H3,(H,17,18,20)/t13-/m1/s1. The Bertz CT molecular complexity index is 674.